The van der Waals surface area contributed by atoms with E-state index in [4.69, 9.17) is 4.74 Å². The summed E-state index contributed by atoms with van der Waals surface area (Å²) in [5.74, 6) is 0.956. The molecule has 1 aromatic carbocycles. The van der Waals surface area contributed by atoms with Crippen LogP contribution in [0.15, 0.2) is 42.6 Å². The second kappa shape index (κ2) is 7.78. The number of para-hydroxylation sites is 1. The maximum absolute atomic E-state index is 12.9. The van der Waals surface area contributed by atoms with Gasteiger partial charge in [-0.3, -0.25) is 9.59 Å². The maximum Gasteiger partial charge on any atom is 0.243 e. The lowest BCUT2D eigenvalue weighted by atomic mass is 10.1. The van der Waals surface area contributed by atoms with E-state index in [0.29, 0.717) is 23.9 Å². The molecule has 0 unspecified atom stereocenters. The fourth-order valence-electron chi connectivity index (χ4n) is 3.71. The highest BCUT2D eigenvalue weighted by Gasteiger charge is 2.26. The lowest BCUT2D eigenvalue weighted by Crippen LogP contribution is -2.35. The van der Waals surface area contributed by atoms with E-state index in [1.54, 1.807) is 17.2 Å². The van der Waals surface area contributed by atoms with E-state index in [9.17, 15) is 9.59 Å². The van der Waals surface area contributed by atoms with Crippen LogP contribution in [0.25, 0.3) is 0 Å². The van der Waals surface area contributed by atoms with Crippen molar-refractivity contribution in [1.82, 2.24) is 10.3 Å². The van der Waals surface area contributed by atoms with Gasteiger partial charge in [-0.25, -0.2) is 4.98 Å². The van der Waals surface area contributed by atoms with Gasteiger partial charge in [0.2, 0.25) is 17.7 Å². The molecule has 0 radical (unpaired) electrons. The molecule has 1 aromatic heterocycles. The molecule has 1 fully saturated rings. The predicted molar refractivity (Wildman–Crippen MR) is 102 cm³/mol. The van der Waals surface area contributed by atoms with E-state index < -0.39 is 0 Å². The third-order valence-corrected chi connectivity index (χ3v) is 5.14. The summed E-state index contributed by atoms with van der Waals surface area (Å²) in [6, 6.07) is 11.5. The van der Waals surface area contributed by atoms with Gasteiger partial charge in [0.25, 0.3) is 0 Å². The molecule has 140 valence electrons. The van der Waals surface area contributed by atoms with Gasteiger partial charge >= 0.3 is 0 Å². The summed E-state index contributed by atoms with van der Waals surface area (Å²) in [5, 5.41) is 3.04. The van der Waals surface area contributed by atoms with E-state index >= 15 is 0 Å². The Kier molecular flexibility index (Phi) is 5.05. The number of ether oxygens (including phenoxy) is 1. The van der Waals surface area contributed by atoms with E-state index in [1.165, 1.54) is 12.8 Å². The highest BCUT2D eigenvalue weighted by atomic mass is 16.5. The molecule has 1 aliphatic heterocycles. The number of fused-ring (bicyclic) bond motifs is 2. The van der Waals surface area contributed by atoms with Gasteiger partial charge in [-0.15, -0.1) is 0 Å². The molecule has 27 heavy (non-hydrogen) atoms. The number of anilines is 1. The normalized spacial score (nSPS) is 16.1. The van der Waals surface area contributed by atoms with Gasteiger partial charge in [0.1, 0.15) is 11.4 Å². The van der Waals surface area contributed by atoms with Crippen LogP contribution in [-0.4, -0.2) is 22.8 Å². The average Bonchev–Trinajstić information content (AvgIpc) is 3.12. The summed E-state index contributed by atoms with van der Waals surface area (Å²) in [7, 11) is 0. The van der Waals surface area contributed by atoms with Gasteiger partial charge in [0.05, 0.1) is 6.54 Å². The summed E-state index contributed by atoms with van der Waals surface area (Å²) >= 11 is 0. The lowest BCUT2D eigenvalue weighted by Gasteiger charge is -2.21. The van der Waals surface area contributed by atoms with Crippen molar-refractivity contribution in [2.24, 2.45) is 0 Å². The molecule has 1 N–H and O–H groups in total. The Labute approximate surface area is 158 Å². The number of carbonyl (C=O) groups is 2. The third kappa shape index (κ3) is 3.94. The Bertz CT molecular complexity index is 846. The number of hydrogen-bond donors (Lipinski definition) is 1. The molecule has 0 saturated heterocycles. The van der Waals surface area contributed by atoms with Crippen LogP contribution in [0.2, 0.25) is 0 Å². The third-order valence-electron chi connectivity index (χ3n) is 5.14. The predicted octanol–water partition coefficient (Wildman–Crippen LogP) is 3.56. The van der Waals surface area contributed by atoms with E-state index in [1.807, 2.05) is 30.3 Å². The largest absolute Gasteiger partial charge is 0.437 e. The molecule has 1 saturated carbocycles. The van der Waals surface area contributed by atoms with Gasteiger partial charge in [-0.1, -0.05) is 31.0 Å². The van der Waals surface area contributed by atoms with Gasteiger partial charge < -0.3 is 15.0 Å². The van der Waals surface area contributed by atoms with Crippen LogP contribution in [0.4, 0.5) is 5.69 Å². The maximum atomic E-state index is 12.9. The van der Waals surface area contributed by atoms with Gasteiger partial charge in [0, 0.05) is 30.6 Å². The second-order valence-corrected chi connectivity index (χ2v) is 7.07. The number of pyridine rings is 1. The molecule has 4 rings (SSSR count). The first kappa shape index (κ1) is 17.5. The zero-order valence-corrected chi connectivity index (χ0v) is 15.2. The average molecular weight is 365 g/mol. The number of nitrogens with one attached hydrogen (secondary N) is 1. The first-order valence-corrected chi connectivity index (χ1v) is 9.51. The molecule has 0 bridgehead atoms. The molecule has 0 spiro atoms. The summed E-state index contributed by atoms with van der Waals surface area (Å²) in [6.45, 7) is 0.401. The van der Waals surface area contributed by atoms with Crippen LogP contribution in [0, 0.1) is 0 Å². The minimum absolute atomic E-state index is 0.0480. The van der Waals surface area contributed by atoms with E-state index in [-0.39, 0.29) is 30.7 Å². The Balaban J connectivity index is 1.48. The minimum Gasteiger partial charge on any atom is -0.437 e. The van der Waals surface area contributed by atoms with Crippen molar-refractivity contribution in [3.63, 3.8) is 0 Å². The molecular weight excluding hydrogens is 342 g/mol. The number of nitrogens with zero attached hydrogens (tertiary/aromatic N) is 2. The zero-order chi connectivity index (χ0) is 18.6. The molecular formula is C21H23N3O3. The number of carbonyl (C=O) groups excluding carboxylic acids is 2. The van der Waals surface area contributed by atoms with Crippen molar-refractivity contribution in [2.75, 3.05) is 4.90 Å². The SMILES string of the molecule is O=C(CCC(=O)N1Cc2ccccc2Oc2ncccc21)NC1CCCC1. The highest BCUT2D eigenvalue weighted by molar-refractivity contribution is 5.96. The number of rotatable bonds is 4. The minimum atomic E-state index is -0.105. The van der Waals surface area contributed by atoms with Crippen LogP contribution in [0.5, 0.6) is 11.6 Å². The van der Waals surface area contributed by atoms with Crippen molar-refractivity contribution < 1.29 is 14.3 Å². The summed E-state index contributed by atoms with van der Waals surface area (Å²) in [4.78, 5) is 31.0. The first-order chi connectivity index (χ1) is 13.2. The fraction of sp³-hybridized carbons (Fsp3) is 0.381. The van der Waals surface area contributed by atoms with E-state index in [2.05, 4.69) is 10.3 Å². The van der Waals surface area contributed by atoms with Crippen LogP contribution in [-0.2, 0) is 16.1 Å². The van der Waals surface area contributed by atoms with Gasteiger partial charge in [-0.2, -0.15) is 0 Å². The quantitative estimate of drug-likeness (QED) is 0.899. The van der Waals surface area contributed by atoms with Gasteiger partial charge in [0.15, 0.2) is 0 Å². The molecule has 1 aliphatic carbocycles. The van der Waals surface area contributed by atoms with Crippen LogP contribution < -0.4 is 15.0 Å². The number of benzene rings is 1. The number of amides is 2. The Hall–Kier alpha value is -2.89. The Morgan fingerprint density at radius 2 is 1.93 bits per heavy atom. The molecule has 2 amide bonds. The monoisotopic (exact) mass is 365 g/mol. The molecule has 0 atom stereocenters. The van der Waals surface area contributed by atoms with Crippen LogP contribution in [0.1, 0.15) is 44.1 Å². The van der Waals surface area contributed by atoms with Crippen molar-refractivity contribution >= 4 is 17.5 Å². The van der Waals surface area contributed by atoms with Crippen molar-refractivity contribution in [3.05, 3.63) is 48.2 Å². The van der Waals surface area contributed by atoms with Crippen LogP contribution in [0.3, 0.4) is 0 Å². The van der Waals surface area contributed by atoms with Crippen molar-refractivity contribution in [3.8, 4) is 11.6 Å². The zero-order valence-electron chi connectivity index (χ0n) is 15.2. The van der Waals surface area contributed by atoms with Crippen molar-refractivity contribution in [1.29, 1.82) is 0 Å². The van der Waals surface area contributed by atoms with Crippen LogP contribution >= 0.6 is 0 Å². The number of aromatic nitrogens is 1. The smallest absolute Gasteiger partial charge is 0.243 e. The van der Waals surface area contributed by atoms with Gasteiger partial charge in [-0.05, 0) is 31.0 Å². The van der Waals surface area contributed by atoms with Crippen molar-refractivity contribution in [2.45, 2.75) is 51.1 Å². The van der Waals surface area contributed by atoms with E-state index in [0.717, 1.165) is 18.4 Å². The molecule has 6 heteroatoms. The Morgan fingerprint density at radius 3 is 2.78 bits per heavy atom. The second-order valence-electron chi connectivity index (χ2n) is 7.07. The highest BCUT2D eigenvalue weighted by Crippen LogP contribution is 2.37. The summed E-state index contributed by atoms with van der Waals surface area (Å²) < 4.78 is 5.91. The lowest BCUT2D eigenvalue weighted by molar-refractivity contribution is -0.125. The standard InChI is InChI=1S/C21H23N3O3/c25-19(23-16-7-2-3-8-16)11-12-20(26)24-14-15-6-1-4-10-18(15)27-21-17(24)9-5-13-22-21/h1,4-6,9-10,13,16H,2-3,7-8,11-12,14H2,(H,23,25). The molecule has 2 aromatic rings. The molecule has 6 nitrogen and oxygen atoms in total. The fourth-order valence-corrected chi connectivity index (χ4v) is 3.71. The topological polar surface area (TPSA) is 71.5 Å². The first-order valence-electron chi connectivity index (χ1n) is 9.51. The molecule has 2 heterocycles. The molecule has 2 aliphatic rings. The summed E-state index contributed by atoms with van der Waals surface area (Å²) in [5.41, 5.74) is 1.55. The summed E-state index contributed by atoms with van der Waals surface area (Å²) in [6.07, 6.45) is 6.42. The Morgan fingerprint density at radius 1 is 1.11 bits per heavy atom. The number of hydrogen-bond acceptors (Lipinski definition) is 4.